The van der Waals surface area contributed by atoms with Crippen molar-refractivity contribution < 1.29 is 4.52 Å². The predicted molar refractivity (Wildman–Crippen MR) is 108 cm³/mol. The minimum atomic E-state index is 0.284. The van der Waals surface area contributed by atoms with Gasteiger partial charge in [-0.25, -0.2) is 0 Å². The lowest BCUT2D eigenvalue weighted by Gasteiger charge is -2.32. The normalized spacial score (nSPS) is 19.4. The summed E-state index contributed by atoms with van der Waals surface area (Å²) in [6, 6.07) is 0. The van der Waals surface area contributed by atoms with Crippen LogP contribution >= 0.6 is 12.2 Å². The van der Waals surface area contributed by atoms with E-state index in [1.807, 2.05) is 25.2 Å². The van der Waals surface area contributed by atoms with E-state index >= 15 is 0 Å². The number of hydrogen-bond acceptors (Lipinski definition) is 3. The van der Waals surface area contributed by atoms with Crippen LogP contribution in [0.5, 0.6) is 0 Å². The van der Waals surface area contributed by atoms with Gasteiger partial charge in [-0.15, -0.1) is 0 Å². The Morgan fingerprint density at radius 2 is 2.00 bits per heavy atom. The van der Waals surface area contributed by atoms with Crippen LogP contribution in [-0.2, 0) is 0 Å². The Hall–Kier alpha value is -1.94. The summed E-state index contributed by atoms with van der Waals surface area (Å²) in [5.74, 6) is 0.634. The van der Waals surface area contributed by atoms with Gasteiger partial charge in [-0.3, -0.25) is 4.98 Å². The second kappa shape index (κ2) is 8.43. The van der Waals surface area contributed by atoms with Crippen molar-refractivity contribution in [1.82, 2.24) is 10.1 Å². The van der Waals surface area contributed by atoms with E-state index in [-0.39, 0.29) is 5.41 Å². The van der Waals surface area contributed by atoms with E-state index in [9.17, 15) is 0 Å². The molecule has 0 radical (unpaired) electrons. The summed E-state index contributed by atoms with van der Waals surface area (Å²) in [6.45, 7) is 11.1. The van der Waals surface area contributed by atoms with Gasteiger partial charge in [0.1, 0.15) is 0 Å². The molecule has 0 spiro atoms. The Morgan fingerprint density at radius 3 is 2.64 bits per heavy atom. The third kappa shape index (κ3) is 5.82. The number of rotatable bonds is 5. The van der Waals surface area contributed by atoms with Crippen LogP contribution in [0.1, 0.15) is 59.7 Å². The SMILES string of the molecule is CC1=C(/C=C/C(C)=C/C=C/C(C)=C/c2noc(=S)[nH]2)C(C)(C)CCC1. The third-order valence-corrected chi connectivity index (χ3v) is 4.77. The second-order valence-electron chi connectivity index (χ2n) is 7.40. The van der Waals surface area contributed by atoms with E-state index in [1.54, 1.807) is 0 Å². The van der Waals surface area contributed by atoms with Gasteiger partial charge in [0, 0.05) is 0 Å². The molecule has 0 unspecified atom stereocenters. The highest BCUT2D eigenvalue weighted by Gasteiger charge is 2.26. The van der Waals surface area contributed by atoms with E-state index in [2.05, 4.69) is 56.1 Å². The van der Waals surface area contributed by atoms with Crippen LogP contribution in [0.15, 0.2) is 57.2 Å². The van der Waals surface area contributed by atoms with E-state index < -0.39 is 0 Å². The number of allylic oxidation sites excluding steroid dienone is 9. The number of aromatic nitrogens is 2. The summed E-state index contributed by atoms with van der Waals surface area (Å²) in [4.78, 5) is 3.16. The third-order valence-electron chi connectivity index (χ3n) is 4.60. The minimum Gasteiger partial charge on any atom is -0.324 e. The lowest BCUT2D eigenvalue weighted by atomic mass is 9.72. The molecule has 1 heterocycles. The van der Waals surface area contributed by atoms with E-state index in [4.69, 9.17) is 16.7 Å². The van der Waals surface area contributed by atoms with Gasteiger partial charge in [-0.1, -0.05) is 60.5 Å². The smallest absolute Gasteiger partial charge is 0.295 e. The van der Waals surface area contributed by atoms with Crippen LogP contribution in [0.2, 0.25) is 0 Å². The van der Waals surface area contributed by atoms with Gasteiger partial charge in [-0.2, -0.15) is 0 Å². The predicted octanol–water partition coefficient (Wildman–Crippen LogP) is 6.72. The van der Waals surface area contributed by atoms with Crippen molar-refractivity contribution in [3.8, 4) is 0 Å². The summed E-state index contributed by atoms with van der Waals surface area (Å²) >= 11 is 4.86. The van der Waals surface area contributed by atoms with Crippen LogP contribution in [0.3, 0.4) is 0 Å². The first-order valence-corrected chi connectivity index (χ1v) is 9.16. The first-order chi connectivity index (χ1) is 11.8. The average Bonchev–Trinajstić information content (AvgIpc) is 2.91. The zero-order valence-corrected chi connectivity index (χ0v) is 16.7. The topological polar surface area (TPSA) is 41.8 Å². The van der Waals surface area contributed by atoms with Crippen molar-refractivity contribution in [1.29, 1.82) is 0 Å². The highest BCUT2D eigenvalue weighted by atomic mass is 32.1. The molecule has 0 saturated carbocycles. The van der Waals surface area contributed by atoms with Gasteiger partial charge >= 0.3 is 0 Å². The molecule has 1 aromatic rings. The molecule has 3 nitrogen and oxygen atoms in total. The van der Waals surface area contributed by atoms with Crippen molar-refractivity contribution in [2.75, 3.05) is 0 Å². The van der Waals surface area contributed by atoms with Gasteiger partial charge in [0.05, 0.1) is 0 Å². The second-order valence-corrected chi connectivity index (χ2v) is 7.77. The summed E-state index contributed by atoms with van der Waals surface area (Å²) in [6.07, 6.45) is 16.4. The van der Waals surface area contributed by atoms with Crippen LogP contribution < -0.4 is 0 Å². The quantitative estimate of drug-likeness (QED) is 0.470. The maximum absolute atomic E-state index is 4.86. The van der Waals surface area contributed by atoms with Gasteiger partial charge in [0.15, 0.2) is 5.82 Å². The van der Waals surface area contributed by atoms with Gasteiger partial charge in [0.2, 0.25) is 0 Å². The number of hydrogen-bond donors (Lipinski definition) is 1. The van der Waals surface area contributed by atoms with E-state index in [0.29, 0.717) is 10.7 Å². The molecule has 1 N–H and O–H groups in total. The Bertz CT molecular complexity index is 813. The highest BCUT2D eigenvalue weighted by Crippen LogP contribution is 2.40. The standard InChI is InChI=1S/C21H28N2OS/c1-15(11-12-18-17(3)10-7-13-21(18,4)5)8-6-9-16(2)14-19-22-20(25)24-23-19/h6,8-9,11-12,14H,7,10,13H2,1-5H3,(H,22,23,25)/b9-6+,12-11+,15-8+,16-14+. The molecule has 0 amide bonds. The largest absolute Gasteiger partial charge is 0.324 e. The highest BCUT2D eigenvalue weighted by molar-refractivity contribution is 7.71. The lowest BCUT2D eigenvalue weighted by Crippen LogP contribution is -2.19. The zero-order chi connectivity index (χ0) is 18.4. The van der Waals surface area contributed by atoms with Crippen LogP contribution in [0.25, 0.3) is 6.08 Å². The fourth-order valence-electron chi connectivity index (χ4n) is 3.20. The average molecular weight is 357 g/mol. The molecule has 2 rings (SSSR count). The molecule has 1 aliphatic carbocycles. The number of nitrogens with zero attached hydrogens (tertiary/aromatic N) is 1. The summed E-state index contributed by atoms with van der Waals surface area (Å²) < 4.78 is 4.84. The molecule has 0 atom stereocenters. The van der Waals surface area contributed by atoms with Crippen molar-refractivity contribution in [3.05, 3.63) is 63.3 Å². The summed E-state index contributed by atoms with van der Waals surface area (Å²) in [7, 11) is 0. The summed E-state index contributed by atoms with van der Waals surface area (Å²) in [5.41, 5.74) is 5.60. The monoisotopic (exact) mass is 356 g/mol. The van der Waals surface area contributed by atoms with Crippen LogP contribution in [-0.4, -0.2) is 10.1 Å². The minimum absolute atomic E-state index is 0.284. The van der Waals surface area contributed by atoms with Crippen LogP contribution in [0.4, 0.5) is 0 Å². The fraction of sp³-hybridized carbons (Fsp3) is 0.429. The van der Waals surface area contributed by atoms with Gasteiger partial charge in [0.25, 0.3) is 4.84 Å². The van der Waals surface area contributed by atoms with Gasteiger partial charge < -0.3 is 4.52 Å². The first-order valence-electron chi connectivity index (χ1n) is 8.75. The van der Waals surface area contributed by atoms with Gasteiger partial charge in [-0.05, 0) is 74.9 Å². The van der Waals surface area contributed by atoms with E-state index in [0.717, 1.165) is 5.57 Å². The molecule has 0 saturated heterocycles. The molecule has 25 heavy (non-hydrogen) atoms. The first kappa shape index (κ1) is 19.4. The molecule has 0 fully saturated rings. The van der Waals surface area contributed by atoms with E-state index in [1.165, 1.54) is 36.0 Å². The summed E-state index contributed by atoms with van der Waals surface area (Å²) in [5, 5.41) is 3.82. The fourth-order valence-corrected chi connectivity index (χ4v) is 3.34. The molecule has 0 bridgehead atoms. The number of H-pyrrole nitrogens is 1. The zero-order valence-electron chi connectivity index (χ0n) is 15.8. The molecule has 0 aromatic carbocycles. The molecule has 1 aliphatic rings. The molecule has 134 valence electrons. The van der Waals surface area contributed by atoms with Crippen molar-refractivity contribution >= 4 is 18.3 Å². The molecule has 0 aliphatic heterocycles. The Kier molecular flexibility index (Phi) is 6.54. The van der Waals surface area contributed by atoms with Crippen molar-refractivity contribution in [2.45, 2.75) is 53.9 Å². The van der Waals surface area contributed by atoms with Crippen LogP contribution in [0, 0.1) is 10.3 Å². The number of aromatic amines is 1. The molecule has 1 aromatic heterocycles. The lowest BCUT2D eigenvalue weighted by molar-refractivity contribution is 0.377. The number of nitrogens with one attached hydrogen (secondary N) is 1. The molecular weight excluding hydrogens is 328 g/mol. The molecular formula is C21H28N2OS. The maximum Gasteiger partial charge on any atom is 0.295 e. The molecule has 4 heteroatoms. The Morgan fingerprint density at radius 1 is 1.24 bits per heavy atom. The maximum atomic E-state index is 4.86. The van der Waals surface area contributed by atoms with Crippen molar-refractivity contribution in [2.24, 2.45) is 5.41 Å². The Labute approximate surface area is 155 Å². The Balaban J connectivity index is 2.04. The van der Waals surface area contributed by atoms with Crippen molar-refractivity contribution in [3.63, 3.8) is 0 Å².